The molecule has 5 rings (SSSR count). The van der Waals surface area contributed by atoms with Gasteiger partial charge in [0, 0.05) is 34.3 Å². The summed E-state index contributed by atoms with van der Waals surface area (Å²) in [7, 11) is 1.59. The maximum atomic E-state index is 13.9. The lowest BCUT2D eigenvalue weighted by molar-refractivity contribution is -0.147. The summed E-state index contributed by atoms with van der Waals surface area (Å²) in [5, 5.41) is 0.653. The number of nitrogens with zero attached hydrogens (tertiary/aromatic N) is 1. The lowest BCUT2D eigenvalue weighted by atomic mass is 9.69. The lowest BCUT2D eigenvalue weighted by Crippen LogP contribution is -2.38. The Hall–Kier alpha value is -3.90. The van der Waals surface area contributed by atoms with Crippen LogP contribution in [0.2, 0.25) is 5.02 Å². The normalized spacial score (nSPS) is 20.2. The van der Waals surface area contributed by atoms with Crippen LogP contribution >= 0.6 is 11.6 Å². The highest BCUT2D eigenvalue weighted by molar-refractivity contribution is 6.30. The first-order chi connectivity index (χ1) is 20.2. The number of halogens is 1. The van der Waals surface area contributed by atoms with Crippen molar-refractivity contribution in [3.63, 3.8) is 0 Å². The van der Waals surface area contributed by atoms with Crippen LogP contribution in [0.15, 0.2) is 89.1 Å². The Labute approximate surface area is 252 Å². The number of benzene rings is 3. The fraction of sp³-hybridized carbons (Fsp3) is 0.343. The zero-order valence-corrected chi connectivity index (χ0v) is 25.2. The summed E-state index contributed by atoms with van der Waals surface area (Å²) in [5.41, 5.74) is 4.81. The van der Waals surface area contributed by atoms with E-state index in [9.17, 15) is 9.59 Å². The molecule has 1 aliphatic heterocycles. The Kier molecular flexibility index (Phi) is 9.12. The van der Waals surface area contributed by atoms with Gasteiger partial charge in [-0.2, -0.15) is 0 Å². The fourth-order valence-corrected chi connectivity index (χ4v) is 5.89. The Morgan fingerprint density at radius 2 is 1.69 bits per heavy atom. The Bertz CT molecular complexity index is 1510. The van der Waals surface area contributed by atoms with Crippen molar-refractivity contribution in [2.45, 2.75) is 52.1 Å². The molecule has 0 aromatic heterocycles. The van der Waals surface area contributed by atoms with E-state index in [1.807, 2.05) is 93.6 Å². The number of hydrogen-bond donors (Lipinski definition) is 0. The number of allylic oxidation sites excluding steroid dienone is 2. The molecule has 3 aromatic rings. The van der Waals surface area contributed by atoms with Gasteiger partial charge >= 0.3 is 5.97 Å². The van der Waals surface area contributed by atoms with Gasteiger partial charge in [-0.25, -0.2) is 0 Å². The predicted octanol–water partition coefficient (Wildman–Crippen LogP) is 7.70. The van der Waals surface area contributed by atoms with E-state index >= 15 is 0 Å². The molecule has 0 N–H and O–H groups in total. The minimum Gasteiger partial charge on any atom is -0.493 e. The zero-order valence-electron chi connectivity index (χ0n) is 24.4. The van der Waals surface area contributed by atoms with Gasteiger partial charge in [0.25, 0.3) is 0 Å². The Morgan fingerprint density at radius 1 is 0.976 bits per heavy atom. The molecule has 0 saturated heterocycles. The van der Waals surface area contributed by atoms with Crippen molar-refractivity contribution >= 4 is 29.1 Å². The fourth-order valence-electron chi connectivity index (χ4n) is 5.77. The number of esters is 1. The van der Waals surface area contributed by atoms with Crippen molar-refractivity contribution in [1.82, 2.24) is 0 Å². The van der Waals surface area contributed by atoms with E-state index in [4.69, 9.17) is 30.8 Å². The van der Waals surface area contributed by atoms with Crippen molar-refractivity contribution in [3.05, 3.63) is 106 Å². The molecule has 0 fully saturated rings. The molecule has 218 valence electrons. The van der Waals surface area contributed by atoms with Crippen molar-refractivity contribution in [3.8, 4) is 11.5 Å². The predicted molar refractivity (Wildman–Crippen MR) is 164 cm³/mol. The third kappa shape index (κ3) is 6.44. The Morgan fingerprint density at radius 3 is 2.38 bits per heavy atom. The first kappa shape index (κ1) is 29.6. The molecular weight excluding hydrogens is 550 g/mol. The van der Waals surface area contributed by atoms with Crippen LogP contribution in [0.25, 0.3) is 0 Å². The van der Waals surface area contributed by atoms with Crippen LogP contribution in [0.5, 0.6) is 11.5 Å². The van der Waals surface area contributed by atoms with Gasteiger partial charge in [-0.3, -0.25) is 14.6 Å². The van der Waals surface area contributed by atoms with Crippen LogP contribution in [-0.2, 0) is 20.9 Å². The highest BCUT2D eigenvalue weighted by Crippen LogP contribution is 2.48. The molecule has 0 saturated carbocycles. The molecule has 0 spiro atoms. The van der Waals surface area contributed by atoms with Crippen LogP contribution < -0.4 is 9.47 Å². The summed E-state index contributed by atoms with van der Waals surface area (Å²) >= 11 is 6.11. The van der Waals surface area contributed by atoms with Crippen molar-refractivity contribution in [2.24, 2.45) is 16.8 Å². The van der Waals surface area contributed by atoms with E-state index in [2.05, 4.69) is 0 Å². The van der Waals surface area contributed by atoms with E-state index in [-0.39, 0.29) is 23.6 Å². The third-order valence-electron chi connectivity index (χ3n) is 7.83. The highest BCUT2D eigenvalue weighted by Gasteiger charge is 2.45. The molecule has 1 heterocycles. The molecule has 0 radical (unpaired) electrons. The number of aliphatic imine (C=N–C) groups is 1. The second kappa shape index (κ2) is 13.0. The van der Waals surface area contributed by atoms with E-state index in [1.165, 1.54) is 0 Å². The van der Waals surface area contributed by atoms with Gasteiger partial charge in [0.2, 0.25) is 0 Å². The second-order valence-corrected chi connectivity index (χ2v) is 11.8. The maximum absolute atomic E-state index is 13.9. The molecule has 0 amide bonds. The summed E-state index contributed by atoms with van der Waals surface area (Å²) in [6, 6.07) is 23.1. The number of methoxy groups -OCH3 is 1. The summed E-state index contributed by atoms with van der Waals surface area (Å²) in [5.74, 6) is -0.384. The summed E-state index contributed by atoms with van der Waals surface area (Å²) < 4.78 is 17.5. The topological polar surface area (TPSA) is 74.2 Å². The highest BCUT2D eigenvalue weighted by atomic mass is 35.5. The largest absolute Gasteiger partial charge is 0.493 e. The van der Waals surface area contributed by atoms with Crippen LogP contribution in [0.3, 0.4) is 0 Å². The average Bonchev–Trinajstić information content (AvgIpc) is 2.98. The van der Waals surface area contributed by atoms with Gasteiger partial charge in [0.15, 0.2) is 17.3 Å². The number of carbonyl (C=O) groups excluding carboxylic acids is 2. The SMILES string of the molecule is COc1cc([C@@H]2C3=C(C[C@H](c4ccc(Cl)cc4)CC3=O)N=C(C)C2C(=O)OCC(C)C)ccc1OCc1ccccc1. The van der Waals surface area contributed by atoms with E-state index in [0.29, 0.717) is 53.9 Å². The molecule has 0 bridgehead atoms. The summed E-state index contributed by atoms with van der Waals surface area (Å²) in [6.45, 7) is 6.52. The summed E-state index contributed by atoms with van der Waals surface area (Å²) in [4.78, 5) is 32.4. The minimum absolute atomic E-state index is 0.0116. The van der Waals surface area contributed by atoms with E-state index in [0.717, 1.165) is 22.4 Å². The molecule has 7 heteroatoms. The maximum Gasteiger partial charge on any atom is 0.315 e. The van der Waals surface area contributed by atoms with Gasteiger partial charge in [-0.05, 0) is 66.1 Å². The van der Waals surface area contributed by atoms with Crippen molar-refractivity contribution in [1.29, 1.82) is 0 Å². The molecule has 3 atom stereocenters. The zero-order chi connectivity index (χ0) is 29.8. The van der Waals surface area contributed by atoms with Gasteiger partial charge in [0.05, 0.1) is 13.7 Å². The smallest absolute Gasteiger partial charge is 0.315 e. The average molecular weight is 586 g/mol. The first-order valence-electron chi connectivity index (χ1n) is 14.3. The third-order valence-corrected chi connectivity index (χ3v) is 8.08. The van der Waals surface area contributed by atoms with Gasteiger partial charge < -0.3 is 14.2 Å². The van der Waals surface area contributed by atoms with Crippen LogP contribution in [0.4, 0.5) is 0 Å². The van der Waals surface area contributed by atoms with Crippen LogP contribution in [0, 0.1) is 11.8 Å². The standard InChI is InChI=1S/C35H36ClNO5/c1-21(2)19-42-35(39)32-22(3)37-28-16-26(24-10-13-27(36)14-11-24)17-29(38)34(28)33(32)25-12-15-30(31(18-25)40-4)41-20-23-8-6-5-7-9-23/h5-15,18,21,26,32-33H,16-17,19-20H2,1-4H3/t26-,32?,33-/m0/s1. The quantitative estimate of drug-likeness (QED) is 0.241. The van der Waals surface area contributed by atoms with Gasteiger partial charge in [-0.15, -0.1) is 0 Å². The number of Topliss-reactive ketones (excluding diaryl/α,β-unsaturated/α-hetero) is 1. The Balaban J connectivity index is 1.52. The number of ketones is 1. The molecule has 1 aliphatic carbocycles. The number of carbonyl (C=O) groups is 2. The monoisotopic (exact) mass is 585 g/mol. The van der Waals surface area contributed by atoms with Crippen molar-refractivity contribution in [2.75, 3.05) is 13.7 Å². The summed E-state index contributed by atoms with van der Waals surface area (Å²) in [6.07, 6.45) is 0.925. The minimum atomic E-state index is -0.723. The van der Waals surface area contributed by atoms with Gasteiger partial charge in [-0.1, -0.05) is 74.0 Å². The molecule has 2 aliphatic rings. The lowest BCUT2D eigenvalue weighted by Gasteiger charge is -2.36. The molecule has 1 unspecified atom stereocenters. The number of rotatable bonds is 9. The molecular formula is C35H36ClNO5. The van der Waals surface area contributed by atoms with E-state index < -0.39 is 11.8 Å². The van der Waals surface area contributed by atoms with Gasteiger partial charge in [0.1, 0.15) is 12.5 Å². The van der Waals surface area contributed by atoms with Crippen LogP contribution in [-0.4, -0.2) is 31.2 Å². The molecule has 3 aromatic carbocycles. The number of hydrogen-bond acceptors (Lipinski definition) is 6. The second-order valence-electron chi connectivity index (χ2n) is 11.4. The van der Waals surface area contributed by atoms with E-state index in [1.54, 1.807) is 7.11 Å². The molecule has 42 heavy (non-hydrogen) atoms. The first-order valence-corrected chi connectivity index (χ1v) is 14.7. The van der Waals surface area contributed by atoms with Crippen LogP contribution in [0.1, 0.15) is 62.1 Å². The van der Waals surface area contributed by atoms with Crippen molar-refractivity contribution < 1.29 is 23.8 Å². The molecule has 6 nitrogen and oxygen atoms in total. The number of ether oxygens (including phenoxy) is 3.